The Bertz CT molecular complexity index is 645. The summed E-state index contributed by atoms with van der Waals surface area (Å²) in [5.41, 5.74) is 4.35. The van der Waals surface area contributed by atoms with Crippen LogP contribution in [0.5, 0.6) is 0 Å². The van der Waals surface area contributed by atoms with Gasteiger partial charge in [0, 0.05) is 19.8 Å². The number of anilines is 1. The van der Waals surface area contributed by atoms with Gasteiger partial charge in [-0.15, -0.1) is 0 Å². The van der Waals surface area contributed by atoms with Gasteiger partial charge in [-0.3, -0.25) is 0 Å². The second-order valence-electron chi connectivity index (χ2n) is 6.76. The number of rotatable bonds is 10. The minimum atomic E-state index is 0.889. The van der Waals surface area contributed by atoms with Crippen molar-refractivity contribution < 1.29 is 0 Å². The Balaban J connectivity index is 1.93. The largest absolute Gasteiger partial charge is 0.378 e. The first-order valence-corrected chi connectivity index (χ1v) is 9.47. The van der Waals surface area contributed by atoms with E-state index in [0.717, 1.165) is 17.8 Å². The minimum absolute atomic E-state index is 0.889. The third-order valence-corrected chi connectivity index (χ3v) is 4.43. The fourth-order valence-electron chi connectivity index (χ4n) is 2.84. The van der Waals surface area contributed by atoms with E-state index >= 15 is 0 Å². The molecule has 0 spiro atoms. The number of hydrogen-bond acceptors (Lipinski definition) is 3. The maximum absolute atomic E-state index is 4.49. The van der Waals surface area contributed by atoms with Gasteiger partial charge < -0.3 is 4.90 Å². The van der Waals surface area contributed by atoms with E-state index in [1.54, 1.807) is 0 Å². The van der Waals surface area contributed by atoms with Crippen LogP contribution in [0.3, 0.4) is 0 Å². The molecule has 0 atom stereocenters. The highest BCUT2D eigenvalue weighted by Gasteiger charge is 2.01. The summed E-state index contributed by atoms with van der Waals surface area (Å²) >= 11 is 0. The molecule has 0 unspecified atom stereocenters. The lowest BCUT2D eigenvalue weighted by Gasteiger charge is -2.11. The highest BCUT2D eigenvalue weighted by atomic mass is 15.1. The average Bonchev–Trinajstić information content (AvgIpc) is 2.64. The molecule has 0 N–H and O–H groups in total. The molecule has 3 nitrogen and oxygen atoms in total. The SMILES string of the molecule is CCCCCCCCc1ccccc1N=Nc1ccc(N(C)C)cc1. The van der Waals surface area contributed by atoms with E-state index in [1.807, 2.05) is 32.3 Å². The van der Waals surface area contributed by atoms with Gasteiger partial charge in [0.2, 0.25) is 0 Å². The van der Waals surface area contributed by atoms with Gasteiger partial charge in [-0.1, -0.05) is 57.2 Å². The van der Waals surface area contributed by atoms with Gasteiger partial charge in [0.15, 0.2) is 0 Å². The smallest absolute Gasteiger partial charge is 0.0889 e. The molecular formula is C22H31N3. The van der Waals surface area contributed by atoms with Gasteiger partial charge in [-0.05, 0) is 48.7 Å². The van der Waals surface area contributed by atoms with Gasteiger partial charge in [0.1, 0.15) is 0 Å². The van der Waals surface area contributed by atoms with E-state index < -0.39 is 0 Å². The number of azo groups is 1. The third-order valence-electron chi connectivity index (χ3n) is 4.43. The number of benzene rings is 2. The second kappa shape index (κ2) is 10.7. The van der Waals surface area contributed by atoms with E-state index in [4.69, 9.17) is 0 Å². The predicted octanol–water partition coefficient (Wildman–Crippen LogP) is 7.07. The summed E-state index contributed by atoms with van der Waals surface area (Å²) in [6.07, 6.45) is 8.98. The van der Waals surface area contributed by atoms with Crippen LogP contribution in [0.4, 0.5) is 17.1 Å². The summed E-state index contributed by atoms with van der Waals surface area (Å²) in [7, 11) is 4.07. The molecule has 0 fully saturated rings. The van der Waals surface area contributed by atoms with Gasteiger partial charge in [0.25, 0.3) is 0 Å². The van der Waals surface area contributed by atoms with Crippen LogP contribution in [-0.4, -0.2) is 14.1 Å². The zero-order valence-electron chi connectivity index (χ0n) is 15.9. The van der Waals surface area contributed by atoms with Gasteiger partial charge in [-0.25, -0.2) is 0 Å². The first-order valence-electron chi connectivity index (χ1n) is 9.47. The zero-order valence-corrected chi connectivity index (χ0v) is 15.9. The van der Waals surface area contributed by atoms with Crippen LogP contribution in [0.2, 0.25) is 0 Å². The molecule has 25 heavy (non-hydrogen) atoms. The first-order chi connectivity index (χ1) is 12.2. The molecule has 0 aromatic heterocycles. The lowest BCUT2D eigenvalue weighted by molar-refractivity contribution is 0.607. The number of nitrogens with zero attached hydrogens (tertiary/aromatic N) is 3. The quantitative estimate of drug-likeness (QED) is 0.336. The van der Waals surface area contributed by atoms with Crippen molar-refractivity contribution in [1.82, 2.24) is 0 Å². The normalized spacial score (nSPS) is 11.2. The molecule has 0 radical (unpaired) electrons. The zero-order chi connectivity index (χ0) is 17.9. The summed E-state index contributed by atoms with van der Waals surface area (Å²) in [6, 6.07) is 16.5. The highest BCUT2D eigenvalue weighted by Crippen LogP contribution is 2.25. The molecule has 0 saturated heterocycles. The number of aryl methyl sites for hydroxylation is 1. The maximum atomic E-state index is 4.49. The first kappa shape index (κ1) is 19.2. The molecule has 0 bridgehead atoms. The molecule has 0 aliphatic carbocycles. The standard InChI is InChI=1S/C22H31N3/c1-4-5-6-7-8-9-12-19-13-10-11-14-22(19)24-23-20-15-17-21(18-16-20)25(2)3/h10-11,13-18H,4-9,12H2,1-3H3. The molecule has 0 aliphatic heterocycles. The summed E-state index contributed by atoms with van der Waals surface area (Å²) in [6.45, 7) is 2.26. The fourth-order valence-corrected chi connectivity index (χ4v) is 2.84. The summed E-state index contributed by atoms with van der Waals surface area (Å²) in [5, 5.41) is 8.90. The molecule has 0 amide bonds. The van der Waals surface area contributed by atoms with E-state index in [0.29, 0.717) is 0 Å². The number of hydrogen-bond donors (Lipinski definition) is 0. The van der Waals surface area contributed by atoms with Crippen molar-refractivity contribution in [2.45, 2.75) is 51.9 Å². The summed E-state index contributed by atoms with van der Waals surface area (Å²) in [4.78, 5) is 2.08. The van der Waals surface area contributed by atoms with Crippen LogP contribution in [-0.2, 0) is 6.42 Å². The maximum Gasteiger partial charge on any atom is 0.0889 e. The molecule has 2 rings (SSSR count). The van der Waals surface area contributed by atoms with Gasteiger partial charge in [-0.2, -0.15) is 10.2 Å². The average molecular weight is 338 g/mol. The van der Waals surface area contributed by atoms with Crippen molar-refractivity contribution in [3.63, 3.8) is 0 Å². The van der Waals surface area contributed by atoms with Crippen LogP contribution in [0.25, 0.3) is 0 Å². The molecule has 3 heteroatoms. The van der Waals surface area contributed by atoms with Crippen molar-refractivity contribution in [2.75, 3.05) is 19.0 Å². The van der Waals surface area contributed by atoms with E-state index in [1.165, 1.54) is 49.8 Å². The monoisotopic (exact) mass is 337 g/mol. The molecule has 0 heterocycles. The number of unbranched alkanes of at least 4 members (excludes halogenated alkanes) is 5. The van der Waals surface area contributed by atoms with Crippen molar-refractivity contribution in [1.29, 1.82) is 0 Å². The topological polar surface area (TPSA) is 28.0 Å². The second-order valence-corrected chi connectivity index (χ2v) is 6.76. The van der Waals surface area contributed by atoms with Gasteiger partial charge in [0.05, 0.1) is 11.4 Å². The van der Waals surface area contributed by atoms with Crippen molar-refractivity contribution in [3.8, 4) is 0 Å². The Labute approximate surface area is 152 Å². The third kappa shape index (κ3) is 6.69. The van der Waals surface area contributed by atoms with Crippen molar-refractivity contribution in [2.24, 2.45) is 10.2 Å². The fraction of sp³-hybridized carbons (Fsp3) is 0.455. The van der Waals surface area contributed by atoms with Crippen LogP contribution >= 0.6 is 0 Å². The molecule has 134 valence electrons. The van der Waals surface area contributed by atoms with E-state index in [2.05, 4.69) is 52.4 Å². The van der Waals surface area contributed by atoms with Crippen LogP contribution < -0.4 is 4.90 Å². The van der Waals surface area contributed by atoms with E-state index in [9.17, 15) is 0 Å². The van der Waals surface area contributed by atoms with Gasteiger partial charge >= 0.3 is 0 Å². The molecule has 0 saturated carbocycles. The van der Waals surface area contributed by atoms with E-state index in [-0.39, 0.29) is 0 Å². The predicted molar refractivity (Wildman–Crippen MR) is 108 cm³/mol. The molecular weight excluding hydrogens is 306 g/mol. The Hall–Kier alpha value is -2.16. The molecule has 2 aromatic rings. The Morgan fingerprint density at radius 1 is 0.760 bits per heavy atom. The van der Waals surface area contributed by atoms with Crippen molar-refractivity contribution in [3.05, 3.63) is 54.1 Å². The lowest BCUT2D eigenvalue weighted by atomic mass is 10.0. The van der Waals surface area contributed by atoms with Crippen LogP contribution in [0.15, 0.2) is 58.8 Å². The summed E-state index contributed by atoms with van der Waals surface area (Å²) in [5.74, 6) is 0. The Kier molecular flexibility index (Phi) is 8.17. The molecule has 2 aromatic carbocycles. The minimum Gasteiger partial charge on any atom is -0.378 e. The Morgan fingerprint density at radius 2 is 1.44 bits per heavy atom. The Morgan fingerprint density at radius 3 is 2.16 bits per heavy atom. The molecule has 0 aliphatic rings. The lowest BCUT2D eigenvalue weighted by Crippen LogP contribution is -2.07. The highest BCUT2D eigenvalue weighted by molar-refractivity contribution is 5.52. The van der Waals surface area contributed by atoms with Crippen LogP contribution in [0, 0.1) is 0 Å². The van der Waals surface area contributed by atoms with Crippen molar-refractivity contribution >= 4 is 17.1 Å². The summed E-state index contributed by atoms with van der Waals surface area (Å²) < 4.78 is 0. The van der Waals surface area contributed by atoms with Crippen LogP contribution in [0.1, 0.15) is 51.0 Å².